The average Bonchev–Trinajstić information content (AvgIpc) is 2.95. The van der Waals surface area contributed by atoms with Gasteiger partial charge in [-0.2, -0.15) is 0 Å². The number of anilines is 1. The number of benzene rings is 2. The molecule has 6 nitrogen and oxygen atoms in total. The number of nitrogens with zero attached hydrogens (tertiary/aromatic N) is 2. The van der Waals surface area contributed by atoms with Gasteiger partial charge in [0.1, 0.15) is 11.8 Å². The Morgan fingerprint density at radius 1 is 1.07 bits per heavy atom. The number of nitrogens with one attached hydrogen (secondary N) is 1. The minimum atomic E-state index is -0.474. The third-order valence-corrected chi connectivity index (χ3v) is 5.11. The molecule has 1 N–H and O–H groups in total. The Bertz CT molecular complexity index is 806. The number of carbonyl (C=O) groups is 2. The molecule has 154 valence electrons. The monoisotopic (exact) mass is 395 g/mol. The molecule has 1 atom stereocenters. The lowest BCUT2D eigenvalue weighted by molar-refractivity contribution is -0.142. The molecule has 0 aliphatic carbocycles. The van der Waals surface area contributed by atoms with Crippen molar-refractivity contribution < 1.29 is 14.3 Å². The highest BCUT2D eigenvalue weighted by atomic mass is 16.5. The maximum absolute atomic E-state index is 13.1. The van der Waals surface area contributed by atoms with Crippen LogP contribution in [-0.4, -0.2) is 50.0 Å². The quantitative estimate of drug-likeness (QED) is 0.783. The van der Waals surface area contributed by atoms with Gasteiger partial charge in [-0.15, -0.1) is 0 Å². The van der Waals surface area contributed by atoms with E-state index in [-0.39, 0.29) is 18.4 Å². The minimum absolute atomic E-state index is 0.0829. The van der Waals surface area contributed by atoms with Gasteiger partial charge < -0.3 is 19.9 Å². The van der Waals surface area contributed by atoms with E-state index >= 15 is 0 Å². The third kappa shape index (κ3) is 5.73. The van der Waals surface area contributed by atoms with Crippen LogP contribution >= 0.6 is 0 Å². The lowest BCUT2D eigenvalue weighted by Gasteiger charge is -2.30. The standard InChI is InChI=1S/C23H29N3O3/c1-25(2)19-13-11-18(12-14-19)16-26(21-10-6-7-15-24-23(21)28)22(27)17-29-20-8-4-3-5-9-20/h3-5,8-9,11-14,21H,6-7,10,15-17H2,1-2H3,(H,24,28). The fourth-order valence-electron chi connectivity index (χ4n) is 3.43. The van der Waals surface area contributed by atoms with Crippen molar-refractivity contribution in [3.63, 3.8) is 0 Å². The van der Waals surface area contributed by atoms with Crippen molar-refractivity contribution >= 4 is 17.5 Å². The molecule has 2 aromatic carbocycles. The van der Waals surface area contributed by atoms with Crippen molar-refractivity contribution in [3.05, 3.63) is 60.2 Å². The normalized spacial score (nSPS) is 16.5. The Morgan fingerprint density at radius 2 is 1.79 bits per heavy atom. The van der Waals surface area contributed by atoms with Gasteiger partial charge >= 0.3 is 0 Å². The molecule has 1 aliphatic rings. The number of carbonyl (C=O) groups excluding carboxylic acids is 2. The van der Waals surface area contributed by atoms with Gasteiger partial charge in [0.15, 0.2) is 6.61 Å². The zero-order valence-corrected chi connectivity index (χ0v) is 17.1. The van der Waals surface area contributed by atoms with Crippen LogP contribution in [0.4, 0.5) is 5.69 Å². The van der Waals surface area contributed by atoms with Crippen molar-refractivity contribution in [2.45, 2.75) is 31.8 Å². The lowest BCUT2D eigenvalue weighted by atomic mass is 10.1. The molecular formula is C23H29N3O3. The summed E-state index contributed by atoms with van der Waals surface area (Å²) in [4.78, 5) is 29.4. The molecule has 29 heavy (non-hydrogen) atoms. The minimum Gasteiger partial charge on any atom is -0.484 e. The third-order valence-electron chi connectivity index (χ3n) is 5.11. The van der Waals surface area contributed by atoms with Gasteiger partial charge in [0, 0.05) is 32.9 Å². The number of hydrogen-bond donors (Lipinski definition) is 1. The number of amides is 2. The van der Waals surface area contributed by atoms with E-state index in [1.165, 1.54) is 0 Å². The van der Waals surface area contributed by atoms with Crippen LogP contribution in [0, 0.1) is 0 Å². The SMILES string of the molecule is CN(C)c1ccc(CN(C(=O)COc2ccccc2)C2CCCCNC2=O)cc1. The number of rotatable bonds is 7. The second-order valence-corrected chi connectivity index (χ2v) is 7.49. The van der Waals surface area contributed by atoms with Crippen LogP contribution in [-0.2, 0) is 16.1 Å². The smallest absolute Gasteiger partial charge is 0.261 e. The summed E-state index contributed by atoms with van der Waals surface area (Å²) in [5, 5.41) is 2.93. The van der Waals surface area contributed by atoms with E-state index in [0.717, 1.165) is 24.1 Å². The van der Waals surface area contributed by atoms with Crippen molar-refractivity contribution in [3.8, 4) is 5.75 Å². The molecule has 1 heterocycles. The number of para-hydroxylation sites is 1. The highest BCUT2D eigenvalue weighted by Gasteiger charge is 2.31. The first-order chi connectivity index (χ1) is 14.0. The molecule has 1 saturated heterocycles. The zero-order chi connectivity index (χ0) is 20.6. The summed E-state index contributed by atoms with van der Waals surface area (Å²) in [5.41, 5.74) is 2.08. The molecule has 1 fully saturated rings. The number of ether oxygens (including phenoxy) is 1. The number of hydrogen-bond acceptors (Lipinski definition) is 4. The molecule has 2 amide bonds. The van der Waals surface area contributed by atoms with Gasteiger partial charge in [0.05, 0.1) is 0 Å². The molecule has 0 radical (unpaired) electrons. The Hall–Kier alpha value is -3.02. The molecule has 0 spiro atoms. The summed E-state index contributed by atoms with van der Waals surface area (Å²) in [6.07, 6.45) is 2.51. The summed E-state index contributed by atoms with van der Waals surface area (Å²) in [7, 11) is 3.98. The Balaban J connectivity index is 1.76. The van der Waals surface area contributed by atoms with Gasteiger partial charge in [-0.05, 0) is 49.1 Å². The summed E-state index contributed by atoms with van der Waals surface area (Å²) >= 11 is 0. The molecule has 6 heteroatoms. The van der Waals surface area contributed by atoms with Crippen LogP contribution in [0.1, 0.15) is 24.8 Å². The second kappa shape index (κ2) is 9.96. The second-order valence-electron chi connectivity index (χ2n) is 7.49. The van der Waals surface area contributed by atoms with Gasteiger partial charge in [0.25, 0.3) is 5.91 Å². The molecule has 1 aliphatic heterocycles. The summed E-state index contributed by atoms with van der Waals surface area (Å²) < 4.78 is 5.66. The Kier molecular flexibility index (Phi) is 7.11. The highest BCUT2D eigenvalue weighted by molar-refractivity contribution is 5.88. The summed E-state index contributed by atoms with van der Waals surface area (Å²) in [6.45, 7) is 0.946. The maximum Gasteiger partial charge on any atom is 0.261 e. The molecule has 0 saturated carbocycles. The van der Waals surface area contributed by atoms with Crippen LogP contribution in [0.5, 0.6) is 5.75 Å². The highest BCUT2D eigenvalue weighted by Crippen LogP contribution is 2.19. The van der Waals surface area contributed by atoms with Crippen LogP contribution in [0.15, 0.2) is 54.6 Å². The van der Waals surface area contributed by atoms with E-state index in [9.17, 15) is 9.59 Å². The van der Waals surface area contributed by atoms with Crippen molar-refractivity contribution in [1.29, 1.82) is 0 Å². The first-order valence-corrected chi connectivity index (χ1v) is 10.1. The summed E-state index contributed by atoms with van der Waals surface area (Å²) in [5.74, 6) is 0.370. The molecule has 0 aromatic heterocycles. The lowest BCUT2D eigenvalue weighted by Crippen LogP contribution is -2.49. The van der Waals surface area contributed by atoms with E-state index in [1.54, 1.807) is 4.90 Å². The molecule has 0 bridgehead atoms. The van der Waals surface area contributed by atoms with Crippen LogP contribution in [0.25, 0.3) is 0 Å². The fraction of sp³-hybridized carbons (Fsp3) is 0.391. The maximum atomic E-state index is 13.1. The van der Waals surface area contributed by atoms with E-state index in [2.05, 4.69) is 5.32 Å². The first-order valence-electron chi connectivity index (χ1n) is 10.1. The van der Waals surface area contributed by atoms with Crippen LogP contribution in [0.2, 0.25) is 0 Å². The Morgan fingerprint density at radius 3 is 2.48 bits per heavy atom. The van der Waals surface area contributed by atoms with E-state index in [1.807, 2.05) is 73.6 Å². The van der Waals surface area contributed by atoms with E-state index in [0.29, 0.717) is 25.3 Å². The van der Waals surface area contributed by atoms with E-state index < -0.39 is 6.04 Å². The van der Waals surface area contributed by atoms with Gasteiger partial charge in [0.2, 0.25) is 5.91 Å². The predicted octanol–water partition coefficient (Wildman–Crippen LogP) is 2.83. The first kappa shape index (κ1) is 20.7. The average molecular weight is 396 g/mol. The van der Waals surface area contributed by atoms with Gasteiger partial charge in [-0.3, -0.25) is 9.59 Å². The Labute approximate surface area is 172 Å². The fourth-order valence-corrected chi connectivity index (χ4v) is 3.43. The van der Waals surface area contributed by atoms with Crippen molar-refractivity contribution in [2.75, 3.05) is 32.1 Å². The summed E-state index contributed by atoms with van der Waals surface area (Å²) in [6, 6.07) is 16.8. The van der Waals surface area contributed by atoms with Crippen molar-refractivity contribution in [2.24, 2.45) is 0 Å². The van der Waals surface area contributed by atoms with Gasteiger partial charge in [-0.1, -0.05) is 30.3 Å². The molecule has 1 unspecified atom stereocenters. The van der Waals surface area contributed by atoms with Crippen LogP contribution in [0.3, 0.4) is 0 Å². The van der Waals surface area contributed by atoms with Crippen LogP contribution < -0.4 is 15.0 Å². The topological polar surface area (TPSA) is 61.9 Å². The zero-order valence-electron chi connectivity index (χ0n) is 17.1. The predicted molar refractivity (Wildman–Crippen MR) is 114 cm³/mol. The molecule has 3 rings (SSSR count). The molecular weight excluding hydrogens is 366 g/mol. The van der Waals surface area contributed by atoms with Crippen molar-refractivity contribution in [1.82, 2.24) is 10.2 Å². The van der Waals surface area contributed by atoms with Gasteiger partial charge in [-0.25, -0.2) is 0 Å². The molecule has 2 aromatic rings. The van der Waals surface area contributed by atoms with E-state index in [4.69, 9.17) is 4.74 Å². The largest absolute Gasteiger partial charge is 0.484 e.